The fourth-order valence-electron chi connectivity index (χ4n) is 3.52. The zero-order valence-corrected chi connectivity index (χ0v) is 17.2. The van der Waals surface area contributed by atoms with Crippen molar-refractivity contribution in [1.29, 1.82) is 0 Å². The van der Waals surface area contributed by atoms with Crippen LogP contribution in [-0.4, -0.2) is 43.7 Å². The van der Waals surface area contributed by atoms with Crippen LogP contribution in [0.4, 0.5) is 0 Å². The van der Waals surface area contributed by atoms with Gasteiger partial charge in [0, 0.05) is 0 Å². The van der Waals surface area contributed by atoms with Crippen molar-refractivity contribution in [2.75, 3.05) is 20.3 Å². The maximum atomic E-state index is 10.6. The first-order valence-electron chi connectivity index (χ1n) is 10.4. The largest absolute Gasteiger partial charge is 0.497 e. The van der Waals surface area contributed by atoms with E-state index in [0.29, 0.717) is 19.8 Å². The number of methoxy groups -OCH3 is 1. The Kier molecular flexibility index (Phi) is 8.96. The number of hydrogen-bond acceptors (Lipinski definition) is 5. The molecule has 0 amide bonds. The van der Waals surface area contributed by atoms with Gasteiger partial charge in [-0.05, 0) is 36.1 Å². The van der Waals surface area contributed by atoms with E-state index in [0.717, 1.165) is 42.6 Å². The summed E-state index contributed by atoms with van der Waals surface area (Å²) in [4.78, 5) is 0. The number of ether oxygens (including phenoxy) is 4. The molecular weight excluding hydrogens is 368 g/mol. The number of hydrogen-bond donors (Lipinski definition) is 1. The van der Waals surface area contributed by atoms with E-state index in [1.54, 1.807) is 7.11 Å². The molecule has 3 rings (SSSR count). The van der Waals surface area contributed by atoms with Crippen molar-refractivity contribution in [3.63, 3.8) is 0 Å². The van der Waals surface area contributed by atoms with E-state index in [9.17, 15) is 5.11 Å². The lowest BCUT2D eigenvalue weighted by Gasteiger charge is -2.25. The minimum absolute atomic E-state index is 0.0162. The quantitative estimate of drug-likeness (QED) is 0.650. The van der Waals surface area contributed by atoms with Crippen LogP contribution in [0, 0.1) is 0 Å². The monoisotopic (exact) mass is 400 g/mol. The molecule has 0 aliphatic carbocycles. The molecule has 0 bridgehead atoms. The van der Waals surface area contributed by atoms with E-state index in [1.165, 1.54) is 0 Å². The summed E-state index contributed by atoms with van der Waals surface area (Å²) in [6, 6.07) is 17.9. The highest BCUT2D eigenvalue weighted by Crippen LogP contribution is 2.22. The molecule has 1 fully saturated rings. The van der Waals surface area contributed by atoms with Crippen molar-refractivity contribution in [3.8, 4) is 5.75 Å². The Morgan fingerprint density at radius 1 is 0.931 bits per heavy atom. The number of rotatable bonds is 10. The van der Waals surface area contributed by atoms with Gasteiger partial charge in [-0.2, -0.15) is 0 Å². The Hall–Kier alpha value is -1.92. The van der Waals surface area contributed by atoms with Crippen molar-refractivity contribution in [2.45, 2.75) is 57.2 Å². The highest BCUT2D eigenvalue weighted by atomic mass is 16.6. The molecule has 5 nitrogen and oxygen atoms in total. The van der Waals surface area contributed by atoms with Crippen molar-refractivity contribution >= 4 is 0 Å². The number of benzene rings is 2. The summed E-state index contributed by atoms with van der Waals surface area (Å²) in [5.41, 5.74) is 2.21. The Morgan fingerprint density at radius 2 is 1.62 bits per heavy atom. The van der Waals surface area contributed by atoms with E-state index in [2.05, 4.69) is 12.1 Å². The van der Waals surface area contributed by atoms with Crippen molar-refractivity contribution in [2.24, 2.45) is 0 Å². The van der Waals surface area contributed by atoms with Gasteiger partial charge in [0.25, 0.3) is 0 Å². The van der Waals surface area contributed by atoms with Gasteiger partial charge in [0.15, 0.2) is 0 Å². The van der Waals surface area contributed by atoms with Crippen LogP contribution in [0.15, 0.2) is 54.6 Å². The van der Waals surface area contributed by atoms with Gasteiger partial charge >= 0.3 is 0 Å². The predicted octanol–water partition coefficient (Wildman–Crippen LogP) is 4.12. The van der Waals surface area contributed by atoms with Crippen molar-refractivity contribution in [3.05, 3.63) is 65.7 Å². The summed E-state index contributed by atoms with van der Waals surface area (Å²) in [5.74, 6) is 0.821. The molecule has 1 aliphatic rings. The first-order chi connectivity index (χ1) is 14.2. The van der Waals surface area contributed by atoms with Gasteiger partial charge < -0.3 is 24.1 Å². The van der Waals surface area contributed by atoms with Crippen LogP contribution in [0.1, 0.15) is 36.8 Å². The van der Waals surface area contributed by atoms with Gasteiger partial charge in [0.05, 0.1) is 45.7 Å². The summed E-state index contributed by atoms with van der Waals surface area (Å²) in [6.07, 6.45) is 3.13. The average molecular weight is 401 g/mol. The van der Waals surface area contributed by atoms with Crippen molar-refractivity contribution in [1.82, 2.24) is 0 Å². The average Bonchev–Trinajstić information content (AvgIpc) is 3.01. The Labute approximate surface area is 173 Å². The first-order valence-corrected chi connectivity index (χ1v) is 10.4. The zero-order chi connectivity index (χ0) is 20.3. The van der Waals surface area contributed by atoms with E-state index in [1.807, 2.05) is 42.5 Å². The van der Waals surface area contributed by atoms with Crippen LogP contribution in [0.3, 0.4) is 0 Å². The van der Waals surface area contributed by atoms with Gasteiger partial charge in [-0.3, -0.25) is 0 Å². The molecular formula is C24H32O5. The topological polar surface area (TPSA) is 57.2 Å². The standard InChI is InChI=1S/C24H32O5/c1-26-21-13-11-20(12-14-21)16-28-18-23(25)24-10-6-5-9-22(29-24)17-27-15-19-7-3-2-4-8-19/h2-4,7-8,11-14,22-25H,5-6,9-10,15-18H2,1H3/t22-,23+,24-/m1/s1. The molecule has 0 aromatic heterocycles. The predicted molar refractivity (Wildman–Crippen MR) is 112 cm³/mol. The zero-order valence-electron chi connectivity index (χ0n) is 17.2. The molecule has 0 unspecified atom stereocenters. The van der Waals surface area contributed by atoms with Gasteiger partial charge in [-0.15, -0.1) is 0 Å². The van der Waals surface area contributed by atoms with Crippen LogP contribution in [0.25, 0.3) is 0 Å². The second-order valence-electron chi connectivity index (χ2n) is 7.51. The van der Waals surface area contributed by atoms with Crippen LogP contribution in [0.5, 0.6) is 5.75 Å². The molecule has 2 aromatic carbocycles. The molecule has 0 saturated carbocycles. The molecule has 1 heterocycles. The molecule has 1 aliphatic heterocycles. The number of aliphatic hydroxyl groups excluding tert-OH is 1. The second kappa shape index (κ2) is 11.9. The molecule has 5 heteroatoms. The Bertz CT molecular complexity index is 688. The van der Waals surface area contributed by atoms with Crippen molar-refractivity contribution < 1.29 is 24.1 Å². The smallest absolute Gasteiger partial charge is 0.118 e. The lowest BCUT2D eigenvalue weighted by atomic mass is 10.1. The SMILES string of the molecule is COc1ccc(COC[C@H](O)[C@H]2CCCC[C@H](COCc3ccccc3)O2)cc1. The molecule has 1 N–H and O–H groups in total. The molecule has 0 spiro atoms. The highest BCUT2D eigenvalue weighted by molar-refractivity contribution is 5.26. The fraction of sp³-hybridized carbons (Fsp3) is 0.500. The highest BCUT2D eigenvalue weighted by Gasteiger charge is 2.26. The minimum atomic E-state index is -0.636. The summed E-state index contributed by atoms with van der Waals surface area (Å²) < 4.78 is 22.9. The third-order valence-electron chi connectivity index (χ3n) is 5.19. The van der Waals surface area contributed by atoms with E-state index in [-0.39, 0.29) is 18.8 Å². The molecule has 2 aromatic rings. The van der Waals surface area contributed by atoms with E-state index >= 15 is 0 Å². The van der Waals surface area contributed by atoms with E-state index in [4.69, 9.17) is 18.9 Å². The third-order valence-corrected chi connectivity index (χ3v) is 5.19. The maximum absolute atomic E-state index is 10.6. The van der Waals surface area contributed by atoms with Gasteiger partial charge in [0.2, 0.25) is 0 Å². The van der Waals surface area contributed by atoms with Gasteiger partial charge in [0.1, 0.15) is 11.9 Å². The second-order valence-corrected chi connectivity index (χ2v) is 7.51. The maximum Gasteiger partial charge on any atom is 0.118 e. The molecule has 0 radical (unpaired) electrons. The van der Waals surface area contributed by atoms with Crippen LogP contribution in [-0.2, 0) is 27.4 Å². The summed E-state index contributed by atoms with van der Waals surface area (Å²) in [5, 5.41) is 10.6. The van der Waals surface area contributed by atoms with Gasteiger partial charge in [-0.25, -0.2) is 0 Å². The molecule has 29 heavy (non-hydrogen) atoms. The summed E-state index contributed by atoms with van der Waals surface area (Å²) in [7, 11) is 1.65. The minimum Gasteiger partial charge on any atom is -0.497 e. The molecule has 158 valence electrons. The summed E-state index contributed by atoms with van der Waals surface area (Å²) >= 11 is 0. The lowest BCUT2D eigenvalue weighted by molar-refractivity contribution is -0.118. The van der Waals surface area contributed by atoms with Crippen LogP contribution < -0.4 is 4.74 Å². The summed E-state index contributed by atoms with van der Waals surface area (Å²) in [6.45, 7) is 1.84. The number of aliphatic hydroxyl groups is 1. The van der Waals surface area contributed by atoms with Gasteiger partial charge in [-0.1, -0.05) is 55.3 Å². The van der Waals surface area contributed by atoms with E-state index < -0.39 is 6.10 Å². The molecule has 3 atom stereocenters. The normalized spacial score (nSPS) is 20.8. The first kappa shape index (κ1) is 21.8. The fourth-order valence-corrected chi connectivity index (χ4v) is 3.52. The van der Waals surface area contributed by atoms with Crippen LogP contribution in [0.2, 0.25) is 0 Å². The Morgan fingerprint density at radius 3 is 2.38 bits per heavy atom. The lowest BCUT2D eigenvalue weighted by Crippen LogP contribution is -2.36. The molecule has 1 saturated heterocycles. The third kappa shape index (κ3) is 7.44. The Balaban J connectivity index is 1.39. The van der Waals surface area contributed by atoms with Crippen LogP contribution >= 0.6 is 0 Å².